The number of nitrogens with two attached hydrogens (primary N) is 1. The fraction of sp³-hybridized carbons (Fsp3) is 0.714. The highest BCUT2D eigenvalue weighted by molar-refractivity contribution is 14.1. The molecule has 0 radical (unpaired) electrons. The van der Waals surface area contributed by atoms with Crippen molar-refractivity contribution in [1.82, 2.24) is 37.2 Å². The topological polar surface area (TPSA) is 110 Å². The van der Waals surface area contributed by atoms with Gasteiger partial charge in [-0.05, 0) is 40.3 Å². The Morgan fingerprint density at radius 3 is 1.53 bits per heavy atom. The SMILES string of the molecule is NC12CNCCNCC(NCc3ccc(I)cc3)(CNCCNC1)CNCCNC2. The highest BCUT2D eigenvalue weighted by Gasteiger charge is 2.30. The molecule has 170 valence electrons. The molecule has 0 aromatic heterocycles. The van der Waals surface area contributed by atoms with Crippen molar-refractivity contribution >= 4 is 22.6 Å². The summed E-state index contributed by atoms with van der Waals surface area (Å²) < 4.78 is 1.27. The van der Waals surface area contributed by atoms with Gasteiger partial charge in [0.15, 0.2) is 0 Å². The van der Waals surface area contributed by atoms with Gasteiger partial charge in [-0.3, -0.25) is 0 Å². The van der Waals surface area contributed by atoms with E-state index in [-0.39, 0.29) is 11.1 Å². The first-order valence-electron chi connectivity index (χ1n) is 11.1. The maximum Gasteiger partial charge on any atom is 0.0561 e. The van der Waals surface area contributed by atoms with Crippen molar-refractivity contribution in [3.63, 3.8) is 0 Å². The van der Waals surface area contributed by atoms with Gasteiger partial charge >= 0.3 is 0 Å². The van der Waals surface area contributed by atoms with E-state index in [1.54, 1.807) is 0 Å². The minimum atomic E-state index is -0.285. The van der Waals surface area contributed by atoms with Crippen LogP contribution < -0.4 is 43.0 Å². The minimum absolute atomic E-state index is 0.0745. The quantitative estimate of drug-likeness (QED) is 0.221. The molecular formula is C21H39IN8. The summed E-state index contributed by atoms with van der Waals surface area (Å²) in [4.78, 5) is 0. The Labute approximate surface area is 194 Å². The van der Waals surface area contributed by atoms with Gasteiger partial charge in [0.1, 0.15) is 0 Å². The van der Waals surface area contributed by atoms with Crippen LogP contribution >= 0.6 is 22.6 Å². The molecule has 0 atom stereocenters. The summed E-state index contributed by atoms with van der Waals surface area (Å²) in [6.07, 6.45) is 0. The van der Waals surface area contributed by atoms with Crippen LogP contribution in [0.3, 0.4) is 0 Å². The number of hydrogen-bond acceptors (Lipinski definition) is 8. The van der Waals surface area contributed by atoms with Gasteiger partial charge in [0, 0.05) is 88.7 Å². The summed E-state index contributed by atoms with van der Waals surface area (Å²) in [5.74, 6) is 0. The first-order valence-corrected chi connectivity index (χ1v) is 12.2. The predicted molar refractivity (Wildman–Crippen MR) is 133 cm³/mol. The molecular weight excluding hydrogens is 491 g/mol. The van der Waals surface area contributed by atoms with Gasteiger partial charge in [-0.1, -0.05) is 12.1 Å². The van der Waals surface area contributed by atoms with Crippen LogP contribution in [0.2, 0.25) is 0 Å². The second-order valence-corrected chi connectivity index (χ2v) is 9.93. The average Bonchev–Trinajstić information content (AvgIpc) is 2.74. The van der Waals surface area contributed by atoms with E-state index in [0.29, 0.717) is 0 Å². The zero-order valence-corrected chi connectivity index (χ0v) is 20.1. The largest absolute Gasteiger partial charge is 0.322 e. The van der Waals surface area contributed by atoms with Crippen LogP contribution in [0.15, 0.2) is 24.3 Å². The second kappa shape index (κ2) is 12.6. The van der Waals surface area contributed by atoms with Crippen molar-refractivity contribution in [2.45, 2.75) is 17.6 Å². The van der Waals surface area contributed by atoms with E-state index in [0.717, 1.165) is 85.1 Å². The molecule has 2 bridgehead atoms. The lowest BCUT2D eigenvalue weighted by Crippen LogP contribution is -2.66. The van der Waals surface area contributed by atoms with Crippen LogP contribution in [-0.2, 0) is 6.54 Å². The minimum Gasteiger partial charge on any atom is -0.322 e. The van der Waals surface area contributed by atoms with E-state index in [1.165, 1.54) is 9.13 Å². The molecule has 0 unspecified atom stereocenters. The fourth-order valence-corrected chi connectivity index (χ4v) is 4.34. The van der Waals surface area contributed by atoms with Crippen molar-refractivity contribution in [2.75, 3.05) is 78.5 Å². The number of rotatable bonds is 3. The number of hydrogen-bond donors (Lipinski definition) is 8. The Morgan fingerprint density at radius 2 is 1.10 bits per heavy atom. The monoisotopic (exact) mass is 530 g/mol. The normalized spacial score (nSPS) is 30.5. The van der Waals surface area contributed by atoms with Gasteiger partial charge in [-0.25, -0.2) is 0 Å². The molecule has 9 heteroatoms. The molecule has 0 amide bonds. The number of fused-ring (bicyclic) bond motifs is 15. The molecule has 1 aromatic rings. The Hall–Kier alpha value is -0.370. The van der Waals surface area contributed by atoms with E-state index < -0.39 is 0 Å². The number of nitrogens with one attached hydrogen (secondary N) is 7. The molecule has 4 rings (SSSR count). The van der Waals surface area contributed by atoms with E-state index >= 15 is 0 Å². The third-order valence-corrected chi connectivity index (χ3v) is 6.56. The maximum atomic E-state index is 6.67. The maximum absolute atomic E-state index is 6.67. The molecule has 3 heterocycles. The molecule has 3 fully saturated rings. The van der Waals surface area contributed by atoms with Gasteiger partial charge in [0.05, 0.1) is 11.1 Å². The molecule has 1 aromatic carbocycles. The molecule has 0 spiro atoms. The van der Waals surface area contributed by atoms with Crippen LogP contribution in [0.25, 0.3) is 0 Å². The zero-order chi connectivity index (χ0) is 21.1. The highest BCUT2D eigenvalue weighted by Crippen LogP contribution is 2.09. The van der Waals surface area contributed by atoms with Crippen molar-refractivity contribution in [1.29, 1.82) is 0 Å². The van der Waals surface area contributed by atoms with Crippen molar-refractivity contribution < 1.29 is 0 Å². The lowest BCUT2D eigenvalue weighted by molar-refractivity contribution is 0.269. The molecule has 8 nitrogen and oxygen atoms in total. The number of benzene rings is 1. The Kier molecular flexibility index (Phi) is 10.2. The Morgan fingerprint density at radius 1 is 0.700 bits per heavy atom. The van der Waals surface area contributed by atoms with Crippen LogP contribution in [-0.4, -0.2) is 89.6 Å². The Bertz CT molecular complexity index is 568. The van der Waals surface area contributed by atoms with E-state index in [1.807, 2.05) is 0 Å². The molecule has 30 heavy (non-hydrogen) atoms. The van der Waals surface area contributed by atoms with E-state index in [2.05, 4.69) is 84.1 Å². The third-order valence-electron chi connectivity index (χ3n) is 5.84. The molecule has 9 N–H and O–H groups in total. The van der Waals surface area contributed by atoms with Gasteiger partial charge in [-0.2, -0.15) is 0 Å². The summed E-state index contributed by atoms with van der Waals surface area (Å²) in [6.45, 7) is 11.4. The lowest BCUT2D eigenvalue weighted by Gasteiger charge is -2.37. The summed E-state index contributed by atoms with van der Waals surface area (Å²) in [7, 11) is 0. The van der Waals surface area contributed by atoms with Gasteiger partial charge in [0.25, 0.3) is 0 Å². The first kappa shape index (κ1) is 24.3. The molecule has 3 aliphatic heterocycles. The summed E-state index contributed by atoms with van der Waals surface area (Å²) in [5, 5.41) is 25.5. The zero-order valence-electron chi connectivity index (χ0n) is 18.0. The highest BCUT2D eigenvalue weighted by atomic mass is 127. The fourth-order valence-electron chi connectivity index (χ4n) is 3.98. The van der Waals surface area contributed by atoms with E-state index in [9.17, 15) is 0 Å². The predicted octanol–water partition coefficient (Wildman–Crippen LogP) is -1.62. The summed E-state index contributed by atoms with van der Waals surface area (Å²) in [6, 6.07) is 8.77. The van der Waals surface area contributed by atoms with E-state index in [4.69, 9.17) is 5.73 Å². The first-order chi connectivity index (χ1) is 14.6. The number of halogens is 1. The summed E-state index contributed by atoms with van der Waals surface area (Å²) in [5.41, 5.74) is 7.62. The Balaban J connectivity index is 1.70. The van der Waals surface area contributed by atoms with Gasteiger partial charge in [-0.15, -0.1) is 0 Å². The van der Waals surface area contributed by atoms with Crippen molar-refractivity contribution in [3.05, 3.63) is 33.4 Å². The third kappa shape index (κ3) is 8.29. The summed E-state index contributed by atoms with van der Waals surface area (Å²) >= 11 is 2.36. The van der Waals surface area contributed by atoms with Gasteiger partial charge < -0.3 is 43.0 Å². The van der Waals surface area contributed by atoms with Crippen molar-refractivity contribution in [2.24, 2.45) is 5.73 Å². The molecule has 0 saturated carbocycles. The van der Waals surface area contributed by atoms with Crippen molar-refractivity contribution in [3.8, 4) is 0 Å². The van der Waals surface area contributed by atoms with Crippen LogP contribution in [0.1, 0.15) is 5.56 Å². The van der Waals surface area contributed by atoms with Crippen LogP contribution in [0, 0.1) is 3.57 Å². The molecule has 3 saturated heterocycles. The van der Waals surface area contributed by atoms with Gasteiger partial charge in [0.2, 0.25) is 0 Å². The van der Waals surface area contributed by atoms with Crippen LogP contribution in [0.5, 0.6) is 0 Å². The molecule has 0 aliphatic carbocycles. The average molecular weight is 531 g/mol. The lowest BCUT2D eigenvalue weighted by atomic mass is 9.97. The second-order valence-electron chi connectivity index (χ2n) is 8.68. The smallest absolute Gasteiger partial charge is 0.0561 e. The standard InChI is InChI=1S/C21H39IN8/c22-19-3-1-18(2-4-19)11-30-21-15-27-8-5-24-12-20(23,13-25-6-9-28-16-21)14-26-7-10-29-17-21/h1-4,24-30H,5-17,23H2. The molecule has 3 aliphatic rings. The van der Waals surface area contributed by atoms with Crippen LogP contribution in [0.4, 0.5) is 0 Å².